The molecule has 0 N–H and O–H groups in total. The molecular weight excluding hydrogens is 1120 g/mol. The van der Waals surface area contributed by atoms with Crippen molar-refractivity contribution in [2.45, 2.75) is 26.2 Å². The first kappa shape index (κ1) is 35.7. The van der Waals surface area contributed by atoms with E-state index in [0.717, 1.165) is 11.1 Å². The summed E-state index contributed by atoms with van der Waals surface area (Å²) in [6.45, 7) is 4.00. The zero-order valence-electron chi connectivity index (χ0n) is 72.2. The number of nitrogens with zero attached hydrogens (tertiary/aromatic N) is 4. The summed E-state index contributed by atoms with van der Waals surface area (Å²) in [5, 5.41) is -1.20. The molecule has 0 saturated carbocycles. The van der Waals surface area contributed by atoms with Crippen LogP contribution in [0.2, 0.25) is 0 Å². The van der Waals surface area contributed by atoms with Gasteiger partial charge in [-0.15, -0.1) is 0 Å². The zero-order valence-corrected chi connectivity index (χ0v) is 50.2. The molecule has 3 aliphatic rings. The van der Waals surface area contributed by atoms with Crippen molar-refractivity contribution < 1.29 is 30.2 Å². The molecule has 0 spiro atoms. The van der Waals surface area contributed by atoms with Gasteiger partial charge in [-0.3, -0.25) is 0 Å². The van der Waals surface area contributed by atoms with Gasteiger partial charge in [0.2, 0.25) is 0 Å². The first-order valence-electron chi connectivity index (χ1n) is 41.7. The number of fused-ring (bicyclic) bond motifs is 18. The van der Waals surface area contributed by atoms with Crippen LogP contribution in [0, 0.1) is 0 Å². The number of anilines is 6. The maximum Gasteiger partial charge on any atom is 0.252 e. The standard InChI is InChI=1S/C88H61BN4/c1-88(2,3)63-53-82-85-83(54-63)93-86-67(58-29-11-6-12-30-58)39-24-40-73(86)68-34-14-13-33-66(68)59-31-23-32-60(49-59)84-80(92-78-43-21-17-37-71(78)72-38-18-22-44-79(72)92)48-47-75(87(84)93)89(85)74-46-45-64(90-76-41-19-15-35-69(76)70-36-16-20-42-77(70)90)55-81(74)91(82)65-51-61(56-25-7-4-8-26-56)50-62(52-65)57-27-9-5-10-28-57/h4-55H,1-3H3/i15D,16D,17D,18D,19D,20D,21D,22D,35D,36D,37D,38D,41D,42D,43D,44D,45D,46D,47D,48D,53D,54D. The third-order valence-corrected chi connectivity index (χ3v) is 18.4. The molecule has 436 valence electrons. The number of para-hydroxylation sites is 5. The molecule has 0 atom stereocenters. The highest BCUT2D eigenvalue weighted by Gasteiger charge is 2.47. The van der Waals surface area contributed by atoms with Crippen LogP contribution in [-0.2, 0) is 5.41 Å². The molecule has 0 saturated heterocycles. The van der Waals surface area contributed by atoms with Gasteiger partial charge in [0.25, 0.3) is 6.71 Å². The lowest BCUT2D eigenvalue weighted by molar-refractivity contribution is 0.590. The average molecular weight is 1210 g/mol. The Morgan fingerprint density at radius 3 is 1.40 bits per heavy atom. The summed E-state index contributed by atoms with van der Waals surface area (Å²) in [5.74, 6) is 0. The maximum absolute atomic E-state index is 11.6. The Morgan fingerprint density at radius 2 is 0.796 bits per heavy atom. The second-order valence-corrected chi connectivity index (χ2v) is 24.7. The minimum Gasteiger partial charge on any atom is -0.311 e. The first-order chi connectivity index (χ1) is 55.0. The third kappa shape index (κ3) is 8.06. The highest BCUT2D eigenvalue weighted by Crippen LogP contribution is 2.56. The average Bonchev–Trinajstić information content (AvgIpc) is 1.13. The Morgan fingerprint density at radius 1 is 0.323 bits per heavy atom. The third-order valence-electron chi connectivity index (χ3n) is 18.4. The molecule has 0 aliphatic carbocycles. The normalized spacial score (nSPS) is 16.1. The number of aromatic nitrogens is 2. The van der Waals surface area contributed by atoms with E-state index in [2.05, 4.69) is 0 Å². The van der Waals surface area contributed by atoms with Crippen molar-refractivity contribution in [1.82, 2.24) is 9.13 Å². The summed E-state index contributed by atoms with van der Waals surface area (Å²) in [7, 11) is 0. The van der Waals surface area contributed by atoms with Gasteiger partial charge in [-0.1, -0.05) is 257 Å². The Kier molecular flexibility index (Phi) is 7.83. The quantitative estimate of drug-likeness (QED) is 0.154. The molecule has 0 radical (unpaired) electrons. The molecule has 5 heterocycles. The van der Waals surface area contributed by atoms with Gasteiger partial charge in [0.15, 0.2) is 0 Å². The summed E-state index contributed by atoms with van der Waals surface area (Å²) in [6.07, 6.45) is 0. The van der Waals surface area contributed by atoms with Gasteiger partial charge in [-0.25, -0.2) is 0 Å². The molecule has 19 rings (SSSR count). The molecular formula is C88H61BN4. The SMILES string of the molecule is [2H]c1c(-n2c3c([2H])c([2H])c([2H])c([2H])c3c3c([2H])c([2H])c([2H])c([2H])c32)cc2c(c1[2H])B1c3c(c([2H])c(C(C)(C)C)c([2H])c3N3c4c(-c5ccccc5)cccc4-c4ccccc4-c4cccc(c4)-c4c3c1c([2H])c([2H])c4-n1c3c([2H])c([2H])c([2H])c([2H])c3c3c([2H])c([2H])c([2H])c([2H])c31)N2c1cc(-c2ccccc2)cc(-c2ccccc2)c1. The van der Waals surface area contributed by atoms with Crippen LogP contribution in [0.4, 0.5) is 34.1 Å². The van der Waals surface area contributed by atoms with Gasteiger partial charge in [-0.2, -0.15) is 0 Å². The summed E-state index contributed by atoms with van der Waals surface area (Å²) in [5.41, 5.74) is 5.04. The van der Waals surface area contributed by atoms with E-state index in [1.165, 1.54) is 15.2 Å². The lowest BCUT2D eigenvalue weighted by Crippen LogP contribution is -2.61. The van der Waals surface area contributed by atoms with E-state index in [0.29, 0.717) is 61.4 Å². The van der Waals surface area contributed by atoms with Crippen LogP contribution < -0.4 is 26.2 Å². The van der Waals surface area contributed by atoms with E-state index >= 15 is 0 Å². The molecule has 14 aromatic carbocycles. The van der Waals surface area contributed by atoms with Crippen LogP contribution in [0.5, 0.6) is 0 Å². The Bertz CT molecular complexity index is 6910. The monoisotopic (exact) mass is 1210 g/mol. The van der Waals surface area contributed by atoms with Gasteiger partial charge in [-0.05, 0) is 156 Å². The van der Waals surface area contributed by atoms with Crippen LogP contribution in [0.3, 0.4) is 0 Å². The fraction of sp³-hybridized carbons (Fsp3) is 0.0455. The van der Waals surface area contributed by atoms with E-state index in [1.807, 2.05) is 189 Å². The lowest BCUT2D eigenvalue weighted by atomic mass is 9.33. The Labute approximate surface area is 572 Å². The van der Waals surface area contributed by atoms with Crippen molar-refractivity contribution in [1.29, 1.82) is 0 Å². The molecule has 0 unspecified atom stereocenters. The van der Waals surface area contributed by atoms with Gasteiger partial charge < -0.3 is 18.9 Å². The smallest absolute Gasteiger partial charge is 0.252 e. The molecule has 5 heteroatoms. The van der Waals surface area contributed by atoms with Crippen LogP contribution in [0.1, 0.15) is 56.5 Å². The topological polar surface area (TPSA) is 16.3 Å². The molecule has 2 aromatic heterocycles. The minimum absolute atomic E-state index is 0.0131. The van der Waals surface area contributed by atoms with Crippen LogP contribution >= 0.6 is 0 Å². The van der Waals surface area contributed by atoms with Gasteiger partial charge in [0, 0.05) is 66.7 Å². The number of hydrogen-bond acceptors (Lipinski definition) is 2. The summed E-state index contributed by atoms with van der Waals surface area (Å²) in [4.78, 5) is 3.67. The Hall–Kier alpha value is -11.7. The first-order valence-corrected chi connectivity index (χ1v) is 30.7. The summed E-state index contributed by atoms with van der Waals surface area (Å²) >= 11 is 0. The fourth-order valence-corrected chi connectivity index (χ4v) is 14.3. The molecule has 4 nitrogen and oxygen atoms in total. The Balaban J connectivity index is 1.10. The van der Waals surface area contributed by atoms with Crippen molar-refractivity contribution in [2.24, 2.45) is 0 Å². The molecule has 16 aromatic rings. The molecule has 3 aliphatic heterocycles. The van der Waals surface area contributed by atoms with E-state index < -0.39 is 133 Å². The summed E-state index contributed by atoms with van der Waals surface area (Å²) < 4.78 is 222. The number of rotatable bonds is 6. The number of hydrogen-bond donors (Lipinski definition) is 0. The lowest BCUT2D eigenvalue weighted by Gasteiger charge is -2.47. The predicted octanol–water partition coefficient (Wildman–Crippen LogP) is 21.6. The highest BCUT2D eigenvalue weighted by molar-refractivity contribution is 7.00. The van der Waals surface area contributed by atoms with Crippen LogP contribution in [0.25, 0.3) is 122 Å². The van der Waals surface area contributed by atoms with Gasteiger partial charge >= 0.3 is 0 Å². The minimum atomic E-state index is -1.64. The second-order valence-electron chi connectivity index (χ2n) is 24.7. The largest absolute Gasteiger partial charge is 0.311 e. The van der Waals surface area contributed by atoms with Gasteiger partial charge in [0.05, 0.1) is 69.3 Å². The second kappa shape index (κ2) is 20.4. The number of benzene rings is 14. The van der Waals surface area contributed by atoms with Crippen molar-refractivity contribution in [2.75, 3.05) is 9.80 Å². The van der Waals surface area contributed by atoms with Crippen molar-refractivity contribution >= 4 is 101 Å². The van der Waals surface area contributed by atoms with E-state index in [9.17, 15) is 24.7 Å². The molecule has 93 heavy (non-hydrogen) atoms. The molecule has 0 fully saturated rings. The zero-order chi connectivity index (χ0) is 80.8. The van der Waals surface area contributed by atoms with E-state index in [1.54, 1.807) is 17.0 Å². The van der Waals surface area contributed by atoms with Gasteiger partial charge in [0.1, 0.15) is 0 Å². The summed E-state index contributed by atoms with van der Waals surface area (Å²) in [6, 6.07) is 42.9. The van der Waals surface area contributed by atoms with E-state index in [4.69, 9.17) is 5.48 Å². The highest BCUT2D eigenvalue weighted by atomic mass is 15.2. The van der Waals surface area contributed by atoms with Crippen LogP contribution in [-0.4, -0.2) is 15.8 Å². The molecule has 0 amide bonds. The van der Waals surface area contributed by atoms with Crippen LogP contribution in [0.15, 0.2) is 315 Å². The van der Waals surface area contributed by atoms with Crippen molar-refractivity contribution in [3.63, 3.8) is 0 Å². The predicted molar refractivity (Wildman–Crippen MR) is 394 cm³/mol. The van der Waals surface area contributed by atoms with Crippen molar-refractivity contribution in [3.05, 3.63) is 320 Å². The molecule has 2 bridgehead atoms. The van der Waals surface area contributed by atoms with Crippen molar-refractivity contribution in [3.8, 4) is 78.1 Å². The maximum atomic E-state index is 11.6. The van der Waals surface area contributed by atoms with E-state index in [-0.39, 0.29) is 117 Å². The fourth-order valence-electron chi connectivity index (χ4n) is 14.3.